The highest BCUT2D eigenvalue weighted by molar-refractivity contribution is 5.65. The van der Waals surface area contributed by atoms with Crippen LogP contribution in [0, 0.1) is 15.9 Å². The normalized spacial score (nSPS) is 10.7. The van der Waals surface area contributed by atoms with E-state index in [4.69, 9.17) is 4.74 Å². The molecular formula is C13H15FN4O3. The number of anilines is 2. The second kappa shape index (κ2) is 5.78. The molecule has 0 saturated carbocycles. The molecule has 0 radical (unpaired) electrons. The maximum Gasteiger partial charge on any atom is 0.313 e. The lowest BCUT2D eigenvalue weighted by molar-refractivity contribution is -0.385. The van der Waals surface area contributed by atoms with Crippen LogP contribution >= 0.6 is 0 Å². The van der Waals surface area contributed by atoms with Crippen LogP contribution in [0.15, 0.2) is 24.5 Å². The van der Waals surface area contributed by atoms with E-state index >= 15 is 0 Å². The second-order valence-electron chi connectivity index (χ2n) is 4.69. The van der Waals surface area contributed by atoms with Gasteiger partial charge in [0.05, 0.1) is 35.7 Å². The highest BCUT2D eigenvalue weighted by Crippen LogP contribution is 2.33. The Labute approximate surface area is 120 Å². The number of aromatic nitrogens is 2. The van der Waals surface area contributed by atoms with Crippen molar-refractivity contribution in [3.63, 3.8) is 0 Å². The minimum Gasteiger partial charge on any atom is -0.490 e. The van der Waals surface area contributed by atoms with E-state index in [-0.39, 0.29) is 17.5 Å². The molecule has 0 spiro atoms. The third-order valence-corrected chi connectivity index (χ3v) is 2.87. The lowest BCUT2D eigenvalue weighted by Gasteiger charge is -2.08. The molecule has 1 aromatic heterocycles. The molecule has 1 heterocycles. The van der Waals surface area contributed by atoms with Gasteiger partial charge < -0.3 is 10.1 Å². The lowest BCUT2D eigenvalue weighted by atomic mass is 10.2. The van der Waals surface area contributed by atoms with E-state index in [1.165, 1.54) is 13.2 Å². The van der Waals surface area contributed by atoms with Crippen molar-refractivity contribution in [1.82, 2.24) is 9.78 Å². The predicted octanol–water partition coefficient (Wildman–Crippen LogP) is 3.26. The average molecular weight is 294 g/mol. The van der Waals surface area contributed by atoms with E-state index in [0.717, 1.165) is 6.07 Å². The molecule has 0 saturated heterocycles. The van der Waals surface area contributed by atoms with Gasteiger partial charge in [0.1, 0.15) is 0 Å². The summed E-state index contributed by atoms with van der Waals surface area (Å²) in [7, 11) is 1.29. The number of nitro benzene ring substituents is 1. The van der Waals surface area contributed by atoms with Crippen LogP contribution in [0.5, 0.6) is 5.75 Å². The molecule has 0 unspecified atom stereocenters. The van der Waals surface area contributed by atoms with Crippen molar-refractivity contribution >= 4 is 17.1 Å². The molecule has 1 aromatic carbocycles. The Hall–Kier alpha value is -2.64. The van der Waals surface area contributed by atoms with E-state index in [1.54, 1.807) is 17.1 Å². The Morgan fingerprint density at radius 2 is 2.19 bits per heavy atom. The fourth-order valence-electron chi connectivity index (χ4n) is 1.79. The minimum atomic E-state index is -0.736. The number of hydrogen-bond acceptors (Lipinski definition) is 5. The SMILES string of the molecule is COc1cc(Nc2cnn(C(C)C)c2)c(F)cc1[N+](=O)[O-]. The van der Waals surface area contributed by atoms with Crippen molar-refractivity contribution in [1.29, 1.82) is 0 Å². The fraction of sp³-hybridized carbons (Fsp3) is 0.308. The van der Waals surface area contributed by atoms with Gasteiger partial charge in [0.15, 0.2) is 11.6 Å². The summed E-state index contributed by atoms with van der Waals surface area (Å²) in [5.74, 6) is -0.750. The summed E-state index contributed by atoms with van der Waals surface area (Å²) < 4.78 is 20.6. The molecule has 0 amide bonds. The molecule has 0 aliphatic carbocycles. The third kappa shape index (κ3) is 3.10. The van der Waals surface area contributed by atoms with Gasteiger partial charge in [-0.1, -0.05) is 0 Å². The van der Waals surface area contributed by atoms with E-state index in [9.17, 15) is 14.5 Å². The number of rotatable bonds is 5. The largest absolute Gasteiger partial charge is 0.490 e. The van der Waals surface area contributed by atoms with Crippen LogP contribution < -0.4 is 10.1 Å². The molecule has 7 nitrogen and oxygen atoms in total. The minimum absolute atomic E-state index is 0.0137. The molecule has 0 aliphatic heterocycles. The summed E-state index contributed by atoms with van der Waals surface area (Å²) in [6.45, 7) is 3.93. The molecular weight excluding hydrogens is 279 g/mol. The van der Waals surface area contributed by atoms with Gasteiger partial charge in [0, 0.05) is 18.3 Å². The Bertz CT molecular complexity index is 669. The van der Waals surface area contributed by atoms with Gasteiger partial charge in [-0.25, -0.2) is 4.39 Å². The highest BCUT2D eigenvalue weighted by Gasteiger charge is 2.19. The van der Waals surface area contributed by atoms with Crippen LogP contribution in [-0.4, -0.2) is 21.8 Å². The molecule has 21 heavy (non-hydrogen) atoms. The zero-order chi connectivity index (χ0) is 15.6. The van der Waals surface area contributed by atoms with Gasteiger partial charge in [-0.3, -0.25) is 14.8 Å². The summed E-state index contributed by atoms with van der Waals surface area (Å²) in [5.41, 5.74) is 0.248. The molecule has 2 rings (SSSR count). The first-order valence-electron chi connectivity index (χ1n) is 6.25. The Morgan fingerprint density at radius 3 is 2.71 bits per heavy atom. The molecule has 1 N–H and O–H groups in total. The third-order valence-electron chi connectivity index (χ3n) is 2.87. The maximum atomic E-state index is 13.9. The van der Waals surface area contributed by atoms with E-state index < -0.39 is 16.4 Å². The summed E-state index contributed by atoms with van der Waals surface area (Å²) in [5, 5.41) is 17.8. The van der Waals surface area contributed by atoms with Crippen LogP contribution in [0.3, 0.4) is 0 Å². The van der Waals surface area contributed by atoms with Crippen LogP contribution in [-0.2, 0) is 0 Å². The number of nitrogens with zero attached hydrogens (tertiary/aromatic N) is 3. The number of ether oxygens (including phenoxy) is 1. The summed E-state index contributed by atoms with van der Waals surface area (Å²) >= 11 is 0. The Morgan fingerprint density at radius 1 is 1.48 bits per heavy atom. The summed E-state index contributed by atoms with van der Waals surface area (Å²) in [6, 6.07) is 2.26. The number of nitro groups is 1. The molecule has 0 bridgehead atoms. The lowest BCUT2D eigenvalue weighted by Crippen LogP contribution is -2.00. The van der Waals surface area contributed by atoms with Crippen LogP contribution in [0.25, 0.3) is 0 Å². The Kier molecular flexibility index (Phi) is 4.06. The number of hydrogen-bond donors (Lipinski definition) is 1. The fourth-order valence-corrected chi connectivity index (χ4v) is 1.79. The molecule has 2 aromatic rings. The maximum absolute atomic E-state index is 13.9. The van der Waals surface area contributed by atoms with Gasteiger partial charge in [0.25, 0.3) is 0 Å². The van der Waals surface area contributed by atoms with Gasteiger partial charge in [-0.2, -0.15) is 5.10 Å². The van der Waals surface area contributed by atoms with Crippen LogP contribution in [0.1, 0.15) is 19.9 Å². The van der Waals surface area contributed by atoms with E-state index in [2.05, 4.69) is 10.4 Å². The van der Waals surface area contributed by atoms with Gasteiger partial charge in [-0.05, 0) is 13.8 Å². The first kappa shape index (κ1) is 14.8. The van der Waals surface area contributed by atoms with Gasteiger partial charge in [0.2, 0.25) is 0 Å². The van der Waals surface area contributed by atoms with Crippen molar-refractivity contribution < 1.29 is 14.1 Å². The van der Waals surface area contributed by atoms with Crippen LogP contribution in [0.2, 0.25) is 0 Å². The smallest absolute Gasteiger partial charge is 0.313 e. The van der Waals surface area contributed by atoms with Crippen molar-refractivity contribution in [2.24, 2.45) is 0 Å². The molecule has 0 atom stereocenters. The molecule has 0 aliphatic rings. The van der Waals surface area contributed by atoms with Crippen molar-refractivity contribution in [3.05, 3.63) is 40.5 Å². The summed E-state index contributed by atoms with van der Waals surface area (Å²) in [4.78, 5) is 10.1. The zero-order valence-corrected chi connectivity index (χ0v) is 11.8. The number of benzene rings is 1. The van der Waals surface area contributed by atoms with Crippen molar-refractivity contribution in [3.8, 4) is 5.75 Å². The predicted molar refractivity (Wildman–Crippen MR) is 75.5 cm³/mol. The zero-order valence-electron chi connectivity index (χ0n) is 11.8. The van der Waals surface area contributed by atoms with Crippen molar-refractivity contribution in [2.45, 2.75) is 19.9 Å². The average Bonchev–Trinajstić information content (AvgIpc) is 2.89. The molecule has 0 fully saturated rings. The van der Waals surface area contributed by atoms with Gasteiger partial charge >= 0.3 is 5.69 Å². The topological polar surface area (TPSA) is 82.2 Å². The molecule has 8 heteroatoms. The first-order chi connectivity index (χ1) is 9.92. The quantitative estimate of drug-likeness (QED) is 0.676. The Balaban J connectivity index is 2.33. The number of methoxy groups -OCH3 is 1. The van der Waals surface area contributed by atoms with Gasteiger partial charge in [-0.15, -0.1) is 0 Å². The van der Waals surface area contributed by atoms with E-state index in [1.807, 2.05) is 13.8 Å². The molecule has 112 valence electrons. The second-order valence-corrected chi connectivity index (χ2v) is 4.69. The highest BCUT2D eigenvalue weighted by atomic mass is 19.1. The number of halogens is 1. The van der Waals surface area contributed by atoms with E-state index in [0.29, 0.717) is 5.69 Å². The number of nitrogens with one attached hydrogen (secondary N) is 1. The standard InChI is InChI=1S/C13H15FN4O3/c1-8(2)17-7-9(6-15-17)16-11-5-13(21-3)12(18(19)20)4-10(11)14/h4-8,16H,1-3H3. The summed E-state index contributed by atoms with van der Waals surface area (Å²) in [6.07, 6.45) is 3.27. The monoisotopic (exact) mass is 294 g/mol. The van der Waals surface area contributed by atoms with Crippen LogP contribution in [0.4, 0.5) is 21.5 Å². The van der Waals surface area contributed by atoms with Crippen molar-refractivity contribution in [2.75, 3.05) is 12.4 Å². The first-order valence-corrected chi connectivity index (χ1v) is 6.25.